The maximum atomic E-state index is 12.5. The fourth-order valence-corrected chi connectivity index (χ4v) is 3.48. The summed E-state index contributed by atoms with van der Waals surface area (Å²) >= 11 is 0. The van der Waals surface area contributed by atoms with Crippen LogP contribution in [0.2, 0.25) is 0 Å². The van der Waals surface area contributed by atoms with Crippen molar-refractivity contribution in [1.82, 2.24) is 20.2 Å². The van der Waals surface area contributed by atoms with E-state index >= 15 is 0 Å². The highest BCUT2D eigenvalue weighted by atomic mass is 16.2. The number of hydrogen-bond acceptors (Lipinski definition) is 6. The SMILES string of the molecule is O=C(Nc1ccc(-c2nnnn2C2CC2)cc1)c1ccc(N2C(=O)CCC2=O)cc1. The molecular weight excluding hydrogens is 384 g/mol. The first-order valence-electron chi connectivity index (χ1n) is 9.75. The molecule has 1 aromatic heterocycles. The molecule has 150 valence electrons. The lowest BCUT2D eigenvalue weighted by Crippen LogP contribution is -2.28. The summed E-state index contributed by atoms with van der Waals surface area (Å²) < 4.78 is 1.84. The molecule has 3 amide bonds. The normalized spacial score (nSPS) is 16.2. The van der Waals surface area contributed by atoms with E-state index in [0.717, 1.165) is 29.1 Å². The highest BCUT2D eigenvalue weighted by Gasteiger charge is 2.30. The molecule has 0 radical (unpaired) electrons. The molecule has 1 N–H and O–H groups in total. The van der Waals surface area contributed by atoms with E-state index in [4.69, 9.17) is 0 Å². The number of imide groups is 1. The van der Waals surface area contributed by atoms with E-state index < -0.39 is 0 Å². The quantitative estimate of drug-likeness (QED) is 0.657. The predicted octanol–water partition coefficient (Wildman–Crippen LogP) is 2.58. The van der Waals surface area contributed by atoms with Crippen LogP contribution in [0.15, 0.2) is 48.5 Å². The van der Waals surface area contributed by atoms with Crippen molar-refractivity contribution >= 4 is 29.1 Å². The lowest BCUT2D eigenvalue weighted by molar-refractivity contribution is -0.121. The zero-order valence-corrected chi connectivity index (χ0v) is 16.0. The monoisotopic (exact) mass is 402 g/mol. The average Bonchev–Trinajstić information content (AvgIpc) is 3.39. The minimum Gasteiger partial charge on any atom is -0.322 e. The molecule has 30 heavy (non-hydrogen) atoms. The molecule has 5 rings (SSSR count). The molecular formula is C21H18N6O3. The molecule has 2 fully saturated rings. The zero-order valence-electron chi connectivity index (χ0n) is 16.0. The van der Waals surface area contributed by atoms with Gasteiger partial charge in [-0.1, -0.05) is 0 Å². The Morgan fingerprint density at radius 1 is 0.933 bits per heavy atom. The maximum Gasteiger partial charge on any atom is 0.255 e. The van der Waals surface area contributed by atoms with E-state index in [2.05, 4.69) is 20.8 Å². The Balaban J connectivity index is 1.28. The number of hydrogen-bond donors (Lipinski definition) is 1. The van der Waals surface area contributed by atoms with Crippen molar-refractivity contribution in [3.05, 3.63) is 54.1 Å². The topological polar surface area (TPSA) is 110 Å². The van der Waals surface area contributed by atoms with E-state index in [0.29, 0.717) is 23.0 Å². The van der Waals surface area contributed by atoms with Crippen molar-refractivity contribution in [2.75, 3.05) is 10.2 Å². The van der Waals surface area contributed by atoms with Crippen LogP contribution in [0, 0.1) is 0 Å². The molecule has 1 saturated heterocycles. The summed E-state index contributed by atoms with van der Waals surface area (Å²) in [5.41, 5.74) is 2.44. The number of nitrogens with zero attached hydrogens (tertiary/aromatic N) is 5. The standard InChI is InChI=1S/C21H18N6O3/c28-18-11-12-19(29)26(18)16-7-3-14(4-8-16)21(30)22-15-5-1-13(2-6-15)20-23-24-25-27(20)17-9-10-17/h1-8,17H,9-12H2,(H,22,30). The predicted molar refractivity (Wildman–Crippen MR) is 108 cm³/mol. The van der Waals surface area contributed by atoms with Crippen LogP contribution in [0.3, 0.4) is 0 Å². The van der Waals surface area contributed by atoms with Gasteiger partial charge in [-0.2, -0.15) is 0 Å². The van der Waals surface area contributed by atoms with E-state index in [9.17, 15) is 14.4 Å². The van der Waals surface area contributed by atoms with E-state index in [1.54, 1.807) is 36.4 Å². The third-order valence-corrected chi connectivity index (χ3v) is 5.23. The van der Waals surface area contributed by atoms with Crippen LogP contribution in [0.4, 0.5) is 11.4 Å². The molecule has 2 heterocycles. The van der Waals surface area contributed by atoms with E-state index in [1.165, 1.54) is 0 Å². The van der Waals surface area contributed by atoms with Crippen molar-refractivity contribution in [2.45, 2.75) is 31.7 Å². The molecule has 0 spiro atoms. The molecule has 1 aliphatic carbocycles. The number of rotatable bonds is 5. The largest absolute Gasteiger partial charge is 0.322 e. The first-order chi connectivity index (χ1) is 14.6. The van der Waals surface area contributed by atoms with Gasteiger partial charge in [-0.25, -0.2) is 4.68 Å². The van der Waals surface area contributed by atoms with Gasteiger partial charge in [-0.15, -0.1) is 5.10 Å². The van der Waals surface area contributed by atoms with Crippen LogP contribution in [0.1, 0.15) is 42.1 Å². The van der Waals surface area contributed by atoms with Crippen molar-refractivity contribution in [3.63, 3.8) is 0 Å². The second-order valence-electron chi connectivity index (χ2n) is 7.38. The number of nitrogens with one attached hydrogen (secondary N) is 1. The first-order valence-corrected chi connectivity index (χ1v) is 9.75. The van der Waals surface area contributed by atoms with Gasteiger partial charge in [0.05, 0.1) is 11.7 Å². The van der Waals surface area contributed by atoms with Gasteiger partial charge in [0.15, 0.2) is 5.82 Å². The van der Waals surface area contributed by atoms with Crippen molar-refractivity contribution < 1.29 is 14.4 Å². The minimum absolute atomic E-state index is 0.218. The number of amides is 3. The second kappa shape index (κ2) is 7.18. The van der Waals surface area contributed by atoms with Gasteiger partial charge in [-0.3, -0.25) is 19.3 Å². The van der Waals surface area contributed by atoms with Crippen LogP contribution in [0.5, 0.6) is 0 Å². The third kappa shape index (κ3) is 3.34. The molecule has 9 heteroatoms. The number of carbonyl (C=O) groups excluding carboxylic acids is 3. The summed E-state index contributed by atoms with van der Waals surface area (Å²) in [5, 5.41) is 14.8. The molecule has 1 saturated carbocycles. The van der Waals surface area contributed by atoms with Crippen LogP contribution in [-0.4, -0.2) is 37.9 Å². The van der Waals surface area contributed by atoms with Gasteiger partial charge in [-0.05, 0) is 71.8 Å². The summed E-state index contributed by atoms with van der Waals surface area (Å²) in [6, 6.07) is 14.1. The minimum atomic E-state index is -0.281. The van der Waals surface area contributed by atoms with Crippen LogP contribution < -0.4 is 10.2 Å². The molecule has 9 nitrogen and oxygen atoms in total. The second-order valence-corrected chi connectivity index (χ2v) is 7.38. The Morgan fingerprint density at radius 3 is 2.23 bits per heavy atom. The number of tetrazole rings is 1. The Morgan fingerprint density at radius 2 is 1.60 bits per heavy atom. The van der Waals surface area contributed by atoms with Crippen LogP contribution in [0.25, 0.3) is 11.4 Å². The van der Waals surface area contributed by atoms with Crippen molar-refractivity contribution in [1.29, 1.82) is 0 Å². The Bertz CT molecular complexity index is 1120. The van der Waals surface area contributed by atoms with Gasteiger partial charge < -0.3 is 5.32 Å². The van der Waals surface area contributed by atoms with Gasteiger partial charge in [0, 0.05) is 29.7 Å². The van der Waals surface area contributed by atoms with Gasteiger partial charge in [0.25, 0.3) is 5.91 Å². The molecule has 0 atom stereocenters. The maximum absolute atomic E-state index is 12.5. The Hall–Kier alpha value is -3.88. The number of aromatic nitrogens is 4. The summed E-state index contributed by atoms with van der Waals surface area (Å²) in [5.74, 6) is 0.00294. The number of carbonyl (C=O) groups is 3. The molecule has 3 aromatic rings. The lowest BCUT2D eigenvalue weighted by Gasteiger charge is -2.14. The zero-order chi connectivity index (χ0) is 20.7. The fraction of sp³-hybridized carbons (Fsp3) is 0.238. The van der Waals surface area contributed by atoms with Crippen molar-refractivity contribution in [3.8, 4) is 11.4 Å². The molecule has 2 aliphatic rings. The Kier molecular flexibility index (Phi) is 4.35. The van der Waals surface area contributed by atoms with Gasteiger partial charge in [0.1, 0.15) is 0 Å². The van der Waals surface area contributed by atoms with Crippen LogP contribution >= 0.6 is 0 Å². The first kappa shape index (κ1) is 18.2. The molecule has 2 aromatic carbocycles. The van der Waals surface area contributed by atoms with Crippen LogP contribution in [-0.2, 0) is 9.59 Å². The fourth-order valence-electron chi connectivity index (χ4n) is 3.48. The van der Waals surface area contributed by atoms with E-state index in [1.807, 2.05) is 16.8 Å². The van der Waals surface area contributed by atoms with E-state index in [-0.39, 0.29) is 30.6 Å². The Labute approximate surface area is 171 Å². The van der Waals surface area contributed by atoms with Crippen molar-refractivity contribution in [2.24, 2.45) is 0 Å². The highest BCUT2D eigenvalue weighted by molar-refractivity contribution is 6.20. The van der Waals surface area contributed by atoms with Gasteiger partial charge >= 0.3 is 0 Å². The number of anilines is 2. The summed E-state index contributed by atoms with van der Waals surface area (Å²) in [7, 11) is 0. The highest BCUT2D eigenvalue weighted by Crippen LogP contribution is 2.36. The third-order valence-electron chi connectivity index (χ3n) is 5.23. The lowest BCUT2D eigenvalue weighted by atomic mass is 10.1. The van der Waals surface area contributed by atoms with Gasteiger partial charge in [0.2, 0.25) is 11.8 Å². The smallest absolute Gasteiger partial charge is 0.255 e. The summed E-state index contributed by atoms with van der Waals surface area (Å²) in [6.45, 7) is 0. The summed E-state index contributed by atoms with van der Waals surface area (Å²) in [4.78, 5) is 37.4. The molecule has 0 unspecified atom stereocenters. The average molecular weight is 402 g/mol. The number of benzene rings is 2. The molecule has 0 bridgehead atoms. The summed E-state index contributed by atoms with van der Waals surface area (Å²) in [6.07, 6.45) is 2.63. The molecule has 1 aliphatic heterocycles.